The van der Waals surface area contributed by atoms with E-state index in [-0.39, 0.29) is 25.2 Å². The zero-order valence-corrected chi connectivity index (χ0v) is 10.7. The average Bonchev–Trinajstić information content (AvgIpc) is 2.42. The highest BCUT2D eigenvalue weighted by molar-refractivity contribution is 5.77. The molecule has 0 bridgehead atoms. The Morgan fingerprint density at radius 3 is 2.78 bits per heavy atom. The molecule has 100 valence electrons. The summed E-state index contributed by atoms with van der Waals surface area (Å²) >= 11 is 0. The highest BCUT2D eigenvalue weighted by Crippen LogP contribution is 2.18. The van der Waals surface area contributed by atoms with Crippen molar-refractivity contribution in [2.45, 2.75) is 19.4 Å². The first kappa shape index (κ1) is 14.3. The fraction of sp³-hybridized carbons (Fsp3) is 0.462. The van der Waals surface area contributed by atoms with Crippen LogP contribution in [0, 0.1) is 0 Å². The van der Waals surface area contributed by atoms with Crippen LogP contribution < -0.4 is 14.8 Å². The summed E-state index contributed by atoms with van der Waals surface area (Å²) in [4.78, 5) is 11.5. The number of aliphatic hydroxyl groups excluding tert-OH is 1. The quantitative estimate of drug-likeness (QED) is 0.759. The van der Waals surface area contributed by atoms with E-state index in [1.54, 1.807) is 31.4 Å². The van der Waals surface area contributed by atoms with Gasteiger partial charge in [0.25, 0.3) is 5.91 Å². The van der Waals surface area contributed by atoms with Gasteiger partial charge in [-0.1, -0.05) is 13.0 Å². The molecule has 1 atom stereocenters. The highest BCUT2D eigenvalue weighted by atomic mass is 16.5. The predicted octanol–water partition coefficient (Wildman–Crippen LogP) is 0.961. The molecule has 1 aromatic carbocycles. The maximum absolute atomic E-state index is 11.5. The molecule has 0 aliphatic heterocycles. The molecule has 0 saturated carbocycles. The summed E-state index contributed by atoms with van der Waals surface area (Å²) in [6.45, 7) is 1.75. The molecule has 1 unspecified atom stereocenters. The Labute approximate surface area is 107 Å². The van der Waals surface area contributed by atoms with Crippen molar-refractivity contribution in [1.29, 1.82) is 0 Å². The molecule has 0 aliphatic rings. The third-order valence-corrected chi connectivity index (χ3v) is 2.49. The largest absolute Gasteiger partial charge is 0.497 e. The van der Waals surface area contributed by atoms with Crippen molar-refractivity contribution in [3.63, 3.8) is 0 Å². The summed E-state index contributed by atoms with van der Waals surface area (Å²) in [5.41, 5.74) is 0. The first-order valence-corrected chi connectivity index (χ1v) is 5.86. The van der Waals surface area contributed by atoms with Gasteiger partial charge >= 0.3 is 0 Å². The Kier molecular flexibility index (Phi) is 6.00. The van der Waals surface area contributed by atoms with E-state index in [0.717, 1.165) is 0 Å². The number of hydrogen-bond donors (Lipinski definition) is 2. The van der Waals surface area contributed by atoms with Crippen LogP contribution in [0.3, 0.4) is 0 Å². The number of ether oxygens (including phenoxy) is 2. The standard InChI is InChI=1S/C13H19NO4/c1-3-10(8-15)14-13(16)9-18-12-6-4-5-11(7-12)17-2/h4-7,10,15H,3,8-9H2,1-2H3,(H,14,16). The maximum atomic E-state index is 11.5. The second-order valence-corrected chi connectivity index (χ2v) is 3.82. The predicted molar refractivity (Wildman–Crippen MR) is 67.8 cm³/mol. The van der Waals surface area contributed by atoms with Gasteiger partial charge in [-0.25, -0.2) is 0 Å². The SMILES string of the molecule is CCC(CO)NC(=O)COc1cccc(OC)c1. The van der Waals surface area contributed by atoms with Gasteiger partial charge in [-0.15, -0.1) is 0 Å². The van der Waals surface area contributed by atoms with E-state index in [2.05, 4.69) is 5.32 Å². The van der Waals surface area contributed by atoms with Gasteiger partial charge in [-0.05, 0) is 18.6 Å². The van der Waals surface area contributed by atoms with Crippen molar-refractivity contribution in [2.75, 3.05) is 20.3 Å². The van der Waals surface area contributed by atoms with Crippen LogP contribution in [0.4, 0.5) is 0 Å². The van der Waals surface area contributed by atoms with Crippen LogP contribution >= 0.6 is 0 Å². The van der Waals surface area contributed by atoms with Crippen molar-refractivity contribution in [1.82, 2.24) is 5.32 Å². The first-order chi connectivity index (χ1) is 8.69. The number of rotatable bonds is 7. The van der Waals surface area contributed by atoms with Gasteiger partial charge in [0.05, 0.1) is 19.8 Å². The molecule has 0 fully saturated rings. The lowest BCUT2D eigenvalue weighted by Crippen LogP contribution is -2.39. The van der Waals surface area contributed by atoms with Gasteiger partial charge in [-0.3, -0.25) is 4.79 Å². The number of carbonyl (C=O) groups excluding carboxylic acids is 1. The molecular formula is C13H19NO4. The number of nitrogens with one attached hydrogen (secondary N) is 1. The van der Waals surface area contributed by atoms with Crippen LogP contribution in [0.2, 0.25) is 0 Å². The molecule has 5 nitrogen and oxygen atoms in total. The molecule has 0 radical (unpaired) electrons. The van der Waals surface area contributed by atoms with Gasteiger partial charge in [0.2, 0.25) is 0 Å². The van der Waals surface area contributed by atoms with Crippen molar-refractivity contribution < 1.29 is 19.4 Å². The molecule has 1 rings (SSSR count). The minimum absolute atomic E-state index is 0.0681. The fourth-order valence-electron chi connectivity index (χ4n) is 1.39. The Morgan fingerprint density at radius 2 is 2.17 bits per heavy atom. The van der Waals surface area contributed by atoms with Gasteiger partial charge in [-0.2, -0.15) is 0 Å². The monoisotopic (exact) mass is 253 g/mol. The average molecular weight is 253 g/mol. The highest BCUT2D eigenvalue weighted by Gasteiger charge is 2.09. The topological polar surface area (TPSA) is 67.8 Å². The van der Waals surface area contributed by atoms with Crippen LogP contribution in [0.15, 0.2) is 24.3 Å². The van der Waals surface area contributed by atoms with Gasteiger partial charge < -0.3 is 19.9 Å². The van der Waals surface area contributed by atoms with E-state index in [9.17, 15) is 4.79 Å². The van der Waals surface area contributed by atoms with Gasteiger partial charge in [0.1, 0.15) is 11.5 Å². The van der Waals surface area contributed by atoms with E-state index in [4.69, 9.17) is 14.6 Å². The Hall–Kier alpha value is -1.75. The van der Waals surface area contributed by atoms with Crippen LogP contribution in [0.5, 0.6) is 11.5 Å². The Morgan fingerprint density at radius 1 is 1.44 bits per heavy atom. The van der Waals surface area contributed by atoms with Crippen LogP contribution in [0.25, 0.3) is 0 Å². The lowest BCUT2D eigenvalue weighted by Gasteiger charge is -2.14. The van der Waals surface area contributed by atoms with Crippen molar-refractivity contribution in [3.8, 4) is 11.5 Å². The smallest absolute Gasteiger partial charge is 0.258 e. The number of amides is 1. The minimum atomic E-state index is -0.251. The molecule has 0 saturated heterocycles. The molecule has 1 amide bonds. The number of methoxy groups -OCH3 is 1. The van der Waals surface area contributed by atoms with Crippen LogP contribution in [-0.4, -0.2) is 37.4 Å². The molecule has 0 spiro atoms. The second-order valence-electron chi connectivity index (χ2n) is 3.82. The van der Waals surface area contributed by atoms with E-state index in [1.807, 2.05) is 6.92 Å². The molecule has 0 heterocycles. The molecule has 0 aromatic heterocycles. The fourth-order valence-corrected chi connectivity index (χ4v) is 1.39. The van der Waals surface area contributed by atoms with E-state index < -0.39 is 0 Å². The summed E-state index contributed by atoms with van der Waals surface area (Å²) in [6, 6.07) is 6.82. The van der Waals surface area contributed by atoms with E-state index in [0.29, 0.717) is 17.9 Å². The van der Waals surface area contributed by atoms with E-state index in [1.165, 1.54) is 0 Å². The van der Waals surface area contributed by atoms with Gasteiger partial charge in [0.15, 0.2) is 6.61 Å². The second kappa shape index (κ2) is 7.55. The normalized spacial score (nSPS) is 11.7. The lowest BCUT2D eigenvalue weighted by molar-refractivity contribution is -0.124. The van der Waals surface area contributed by atoms with Crippen molar-refractivity contribution in [3.05, 3.63) is 24.3 Å². The zero-order chi connectivity index (χ0) is 13.4. The van der Waals surface area contributed by atoms with Crippen LogP contribution in [-0.2, 0) is 4.79 Å². The number of carbonyl (C=O) groups is 1. The first-order valence-electron chi connectivity index (χ1n) is 5.86. The summed E-state index contributed by atoms with van der Waals surface area (Å²) in [5, 5.41) is 11.6. The number of benzene rings is 1. The van der Waals surface area contributed by atoms with Gasteiger partial charge in [0, 0.05) is 6.07 Å². The molecule has 2 N–H and O–H groups in total. The third kappa shape index (κ3) is 4.63. The molecular weight excluding hydrogens is 234 g/mol. The van der Waals surface area contributed by atoms with E-state index >= 15 is 0 Å². The lowest BCUT2D eigenvalue weighted by atomic mass is 10.2. The molecule has 1 aromatic rings. The van der Waals surface area contributed by atoms with Crippen molar-refractivity contribution in [2.24, 2.45) is 0 Å². The number of aliphatic hydroxyl groups is 1. The zero-order valence-electron chi connectivity index (χ0n) is 10.7. The summed E-state index contributed by atoms with van der Waals surface area (Å²) in [7, 11) is 1.57. The van der Waals surface area contributed by atoms with Crippen molar-refractivity contribution >= 4 is 5.91 Å². The molecule has 18 heavy (non-hydrogen) atoms. The summed E-state index contributed by atoms with van der Waals surface area (Å²) < 4.78 is 10.4. The Bertz CT molecular complexity index is 377. The third-order valence-electron chi connectivity index (χ3n) is 2.49. The molecule has 5 heteroatoms. The Balaban J connectivity index is 2.42. The molecule has 0 aliphatic carbocycles. The summed E-state index contributed by atoms with van der Waals surface area (Å²) in [5.74, 6) is 0.995. The number of hydrogen-bond acceptors (Lipinski definition) is 4. The summed E-state index contributed by atoms with van der Waals surface area (Å²) in [6.07, 6.45) is 0.682. The maximum Gasteiger partial charge on any atom is 0.258 e. The van der Waals surface area contributed by atoms with Crippen LogP contribution in [0.1, 0.15) is 13.3 Å². The minimum Gasteiger partial charge on any atom is -0.497 e.